The van der Waals surface area contributed by atoms with Gasteiger partial charge < -0.3 is 14.8 Å². The molecule has 3 nitrogen and oxygen atoms in total. The van der Waals surface area contributed by atoms with E-state index in [0.717, 1.165) is 25.2 Å². The molecule has 3 heteroatoms. The monoisotopic (exact) mass is 249 g/mol. The predicted molar refractivity (Wildman–Crippen MR) is 73.3 cm³/mol. The van der Waals surface area contributed by atoms with Crippen molar-refractivity contribution in [1.29, 1.82) is 0 Å². The Morgan fingerprint density at radius 3 is 2.94 bits per heavy atom. The second-order valence-electron chi connectivity index (χ2n) is 4.97. The summed E-state index contributed by atoms with van der Waals surface area (Å²) in [6, 6.07) is 6.71. The Labute approximate surface area is 109 Å². The second kappa shape index (κ2) is 6.21. The fourth-order valence-electron chi connectivity index (χ4n) is 2.64. The number of benzene rings is 1. The Balaban J connectivity index is 2.12. The molecule has 1 aliphatic heterocycles. The van der Waals surface area contributed by atoms with Gasteiger partial charge in [-0.25, -0.2) is 0 Å². The van der Waals surface area contributed by atoms with Gasteiger partial charge in [0.25, 0.3) is 0 Å². The molecule has 0 bridgehead atoms. The van der Waals surface area contributed by atoms with Crippen LogP contribution in [0.4, 0.5) is 0 Å². The van der Waals surface area contributed by atoms with Crippen molar-refractivity contribution in [2.45, 2.75) is 38.3 Å². The van der Waals surface area contributed by atoms with E-state index in [1.165, 1.54) is 17.5 Å². The maximum absolute atomic E-state index is 5.78. The third-order valence-electron chi connectivity index (χ3n) is 3.66. The smallest absolute Gasteiger partial charge is 0.122 e. The van der Waals surface area contributed by atoms with E-state index in [-0.39, 0.29) is 0 Å². The Hall–Kier alpha value is -1.06. The molecule has 0 aliphatic carbocycles. The average molecular weight is 249 g/mol. The second-order valence-corrected chi connectivity index (χ2v) is 4.97. The molecule has 0 saturated carbocycles. The van der Waals surface area contributed by atoms with E-state index >= 15 is 0 Å². The number of likely N-dealkylation sites (N-methyl/N-ethyl adjacent to an activating group) is 1. The van der Waals surface area contributed by atoms with E-state index in [1.807, 2.05) is 13.1 Å². The van der Waals surface area contributed by atoms with Crippen LogP contribution in [0, 0.1) is 6.92 Å². The van der Waals surface area contributed by atoms with Crippen molar-refractivity contribution in [3.8, 4) is 5.75 Å². The van der Waals surface area contributed by atoms with Crippen LogP contribution in [-0.4, -0.2) is 32.9 Å². The molecule has 0 spiro atoms. The highest BCUT2D eigenvalue weighted by Crippen LogP contribution is 2.24. The number of rotatable bonds is 5. The van der Waals surface area contributed by atoms with Crippen LogP contribution in [-0.2, 0) is 11.2 Å². The molecule has 2 unspecified atom stereocenters. The summed E-state index contributed by atoms with van der Waals surface area (Å²) in [4.78, 5) is 0. The van der Waals surface area contributed by atoms with Crippen molar-refractivity contribution in [3.63, 3.8) is 0 Å². The summed E-state index contributed by atoms with van der Waals surface area (Å²) in [7, 11) is 3.74. The Bertz CT molecular complexity index is 386. The lowest BCUT2D eigenvalue weighted by Crippen LogP contribution is -2.39. The van der Waals surface area contributed by atoms with E-state index < -0.39 is 0 Å². The van der Waals surface area contributed by atoms with Gasteiger partial charge in [0.05, 0.1) is 13.2 Å². The molecule has 0 amide bonds. The third kappa shape index (κ3) is 3.03. The molecule has 0 aromatic heterocycles. The number of hydrogen-bond acceptors (Lipinski definition) is 3. The zero-order valence-electron chi connectivity index (χ0n) is 11.5. The lowest BCUT2D eigenvalue weighted by molar-refractivity contribution is 0.0806. The Kier molecular flexibility index (Phi) is 4.61. The van der Waals surface area contributed by atoms with Gasteiger partial charge in [-0.1, -0.05) is 17.7 Å². The van der Waals surface area contributed by atoms with E-state index in [2.05, 4.69) is 24.4 Å². The largest absolute Gasteiger partial charge is 0.496 e. The highest BCUT2D eigenvalue weighted by Gasteiger charge is 2.25. The molecule has 1 heterocycles. The minimum Gasteiger partial charge on any atom is -0.496 e. The normalized spacial score (nSPS) is 20.9. The van der Waals surface area contributed by atoms with Gasteiger partial charge in [0, 0.05) is 12.6 Å². The van der Waals surface area contributed by atoms with Crippen molar-refractivity contribution >= 4 is 0 Å². The average Bonchev–Trinajstić information content (AvgIpc) is 2.90. The molecule has 1 saturated heterocycles. The van der Waals surface area contributed by atoms with Crippen molar-refractivity contribution in [2.24, 2.45) is 0 Å². The molecule has 2 atom stereocenters. The topological polar surface area (TPSA) is 30.5 Å². The number of nitrogens with one attached hydrogen (secondary N) is 1. The molecule has 2 rings (SSSR count). The summed E-state index contributed by atoms with van der Waals surface area (Å²) in [6.45, 7) is 3.01. The van der Waals surface area contributed by atoms with Gasteiger partial charge in [-0.3, -0.25) is 0 Å². The lowest BCUT2D eigenvalue weighted by atomic mass is 9.97. The summed E-state index contributed by atoms with van der Waals surface area (Å²) in [6.07, 6.45) is 3.61. The van der Waals surface area contributed by atoms with Crippen LogP contribution in [0.5, 0.6) is 5.75 Å². The minimum atomic E-state index is 0.334. The Morgan fingerprint density at radius 2 is 2.33 bits per heavy atom. The van der Waals surface area contributed by atoms with Crippen LogP contribution in [0.15, 0.2) is 18.2 Å². The first kappa shape index (κ1) is 13.4. The van der Waals surface area contributed by atoms with Crippen LogP contribution in [0.25, 0.3) is 0 Å². The van der Waals surface area contributed by atoms with Crippen LogP contribution >= 0.6 is 0 Å². The van der Waals surface area contributed by atoms with Crippen molar-refractivity contribution in [3.05, 3.63) is 29.3 Å². The zero-order chi connectivity index (χ0) is 13.0. The van der Waals surface area contributed by atoms with Gasteiger partial charge >= 0.3 is 0 Å². The van der Waals surface area contributed by atoms with Crippen LogP contribution in [0.3, 0.4) is 0 Å². The van der Waals surface area contributed by atoms with Gasteiger partial charge in [0.15, 0.2) is 0 Å². The number of ether oxygens (including phenoxy) is 2. The lowest BCUT2D eigenvalue weighted by Gasteiger charge is -2.23. The maximum atomic E-state index is 5.78. The van der Waals surface area contributed by atoms with E-state index in [4.69, 9.17) is 9.47 Å². The molecule has 1 aromatic carbocycles. The molecular formula is C15H23NO2. The highest BCUT2D eigenvalue weighted by atomic mass is 16.5. The van der Waals surface area contributed by atoms with Gasteiger partial charge in [0.2, 0.25) is 0 Å². The van der Waals surface area contributed by atoms with E-state index in [1.54, 1.807) is 7.11 Å². The molecule has 18 heavy (non-hydrogen) atoms. The Morgan fingerprint density at radius 1 is 1.50 bits per heavy atom. The van der Waals surface area contributed by atoms with E-state index in [0.29, 0.717) is 12.1 Å². The fourth-order valence-corrected chi connectivity index (χ4v) is 2.64. The molecule has 0 radical (unpaired) electrons. The molecule has 100 valence electrons. The molecule has 1 aromatic rings. The first-order chi connectivity index (χ1) is 8.74. The molecule has 1 fully saturated rings. The zero-order valence-corrected chi connectivity index (χ0v) is 11.5. The SMILES string of the molecule is CNC(Cc1cc(C)ccc1OC)C1CCCO1. The molecule has 1 N–H and O–H groups in total. The summed E-state index contributed by atoms with van der Waals surface area (Å²) in [5, 5.41) is 3.38. The first-order valence-electron chi connectivity index (χ1n) is 6.67. The third-order valence-corrected chi connectivity index (χ3v) is 3.66. The van der Waals surface area contributed by atoms with Crippen LogP contribution in [0.2, 0.25) is 0 Å². The number of hydrogen-bond donors (Lipinski definition) is 1. The standard InChI is InChI=1S/C15H23NO2/c1-11-6-7-14(17-3)12(9-11)10-13(16-2)15-5-4-8-18-15/h6-7,9,13,15-16H,4-5,8,10H2,1-3H3. The van der Waals surface area contributed by atoms with Crippen molar-refractivity contribution < 1.29 is 9.47 Å². The first-order valence-corrected chi connectivity index (χ1v) is 6.67. The van der Waals surface area contributed by atoms with E-state index in [9.17, 15) is 0 Å². The number of methoxy groups -OCH3 is 1. The number of aryl methyl sites for hydroxylation is 1. The maximum Gasteiger partial charge on any atom is 0.122 e. The molecule has 1 aliphatic rings. The minimum absolute atomic E-state index is 0.334. The van der Waals surface area contributed by atoms with Gasteiger partial charge in [-0.2, -0.15) is 0 Å². The predicted octanol–water partition coefficient (Wildman–Crippen LogP) is 2.31. The van der Waals surface area contributed by atoms with Crippen LogP contribution < -0.4 is 10.1 Å². The molecular weight excluding hydrogens is 226 g/mol. The summed E-state index contributed by atoms with van der Waals surface area (Å²) < 4.78 is 11.2. The quantitative estimate of drug-likeness (QED) is 0.868. The fraction of sp³-hybridized carbons (Fsp3) is 0.600. The summed E-state index contributed by atoms with van der Waals surface area (Å²) in [5.41, 5.74) is 2.53. The van der Waals surface area contributed by atoms with Gasteiger partial charge in [-0.15, -0.1) is 0 Å². The van der Waals surface area contributed by atoms with Crippen molar-refractivity contribution in [2.75, 3.05) is 20.8 Å². The van der Waals surface area contributed by atoms with Crippen LogP contribution in [0.1, 0.15) is 24.0 Å². The summed E-state index contributed by atoms with van der Waals surface area (Å²) >= 11 is 0. The van der Waals surface area contributed by atoms with Gasteiger partial charge in [0.1, 0.15) is 5.75 Å². The van der Waals surface area contributed by atoms with Crippen molar-refractivity contribution in [1.82, 2.24) is 5.32 Å². The highest BCUT2D eigenvalue weighted by molar-refractivity contribution is 5.37. The van der Waals surface area contributed by atoms with Gasteiger partial charge in [-0.05, 0) is 44.9 Å². The summed E-state index contributed by atoms with van der Waals surface area (Å²) in [5.74, 6) is 0.971.